The Kier molecular flexibility index (Phi) is 4.27. The molecule has 1 atom stereocenters. The molecule has 2 aromatic heterocycles. The Morgan fingerprint density at radius 1 is 1.00 bits per heavy atom. The number of hydrogen-bond donors (Lipinski definition) is 1. The molecule has 146 valence electrons. The smallest absolute Gasteiger partial charge is 0.273 e. The maximum atomic E-state index is 13.1. The molecule has 6 nitrogen and oxygen atoms in total. The summed E-state index contributed by atoms with van der Waals surface area (Å²) in [6.45, 7) is 1.40. The number of carbonyl (C=O) groups is 2. The summed E-state index contributed by atoms with van der Waals surface area (Å²) in [6.07, 6.45) is 7.76. The van der Waals surface area contributed by atoms with Gasteiger partial charge in [0.1, 0.15) is 5.69 Å². The average Bonchev–Trinajstić information content (AvgIpc) is 3.44. The maximum absolute atomic E-state index is 13.1. The summed E-state index contributed by atoms with van der Waals surface area (Å²) in [7, 11) is 0. The Bertz CT molecular complexity index is 1070. The van der Waals surface area contributed by atoms with Crippen LogP contribution >= 0.6 is 0 Å². The van der Waals surface area contributed by atoms with Gasteiger partial charge in [-0.25, -0.2) is 0 Å². The minimum atomic E-state index is -0.0484. The van der Waals surface area contributed by atoms with Gasteiger partial charge in [0.2, 0.25) is 0 Å². The van der Waals surface area contributed by atoms with E-state index >= 15 is 0 Å². The largest absolute Gasteiger partial charge is 0.349 e. The first kappa shape index (κ1) is 17.8. The highest BCUT2D eigenvalue weighted by Gasteiger charge is 2.56. The van der Waals surface area contributed by atoms with Crippen molar-refractivity contribution >= 4 is 22.6 Å². The molecule has 1 unspecified atom stereocenters. The molecule has 2 fully saturated rings. The summed E-state index contributed by atoms with van der Waals surface area (Å²) in [4.78, 5) is 35.7. The molecule has 1 aliphatic carbocycles. The van der Waals surface area contributed by atoms with Gasteiger partial charge >= 0.3 is 0 Å². The average molecular weight is 386 g/mol. The van der Waals surface area contributed by atoms with Crippen LogP contribution in [-0.2, 0) is 0 Å². The van der Waals surface area contributed by atoms with E-state index in [0.717, 1.165) is 30.0 Å². The fourth-order valence-corrected chi connectivity index (χ4v) is 4.44. The Balaban J connectivity index is 1.23. The van der Waals surface area contributed by atoms with Crippen LogP contribution in [0.3, 0.4) is 0 Å². The number of likely N-dealkylation sites (tertiary alicyclic amines) is 1. The predicted octanol–water partition coefficient (Wildman–Crippen LogP) is 3.05. The van der Waals surface area contributed by atoms with Gasteiger partial charge in [-0.3, -0.25) is 19.6 Å². The highest BCUT2D eigenvalue weighted by molar-refractivity contribution is 6.05. The first-order valence-corrected chi connectivity index (χ1v) is 10.0. The van der Waals surface area contributed by atoms with Gasteiger partial charge in [0, 0.05) is 48.7 Å². The van der Waals surface area contributed by atoms with Crippen LogP contribution in [0.2, 0.25) is 0 Å². The number of rotatable bonds is 3. The van der Waals surface area contributed by atoms with Gasteiger partial charge in [-0.1, -0.05) is 24.3 Å². The molecule has 29 heavy (non-hydrogen) atoms. The molecule has 1 aliphatic heterocycles. The zero-order valence-electron chi connectivity index (χ0n) is 16.0. The Morgan fingerprint density at radius 3 is 2.55 bits per heavy atom. The fourth-order valence-electron chi connectivity index (χ4n) is 4.44. The van der Waals surface area contributed by atoms with E-state index in [0.29, 0.717) is 24.3 Å². The third-order valence-corrected chi connectivity index (χ3v) is 6.36. The second kappa shape index (κ2) is 6.95. The van der Waals surface area contributed by atoms with Crippen molar-refractivity contribution in [1.29, 1.82) is 0 Å². The third kappa shape index (κ3) is 3.24. The second-order valence-corrected chi connectivity index (χ2v) is 8.00. The van der Waals surface area contributed by atoms with Crippen molar-refractivity contribution < 1.29 is 9.59 Å². The molecular weight excluding hydrogens is 364 g/mol. The number of carbonyl (C=O) groups excluding carboxylic acids is 2. The minimum absolute atomic E-state index is 0.00493. The van der Waals surface area contributed by atoms with E-state index in [1.54, 1.807) is 30.7 Å². The molecule has 1 saturated heterocycles. The summed E-state index contributed by atoms with van der Waals surface area (Å²) in [5, 5.41) is 5.07. The van der Waals surface area contributed by atoms with Crippen LogP contribution in [0.4, 0.5) is 0 Å². The van der Waals surface area contributed by atoms with Crippen molar-refractivity contribution in [3.63, 3.8) is 0 Å². The second-order valence-electron chi connectivity index (χ2n) is 8.00. The number of nitrogens with zero attached hydrogens (tertiary/aromatic N) is 3. The van der Waals surface area contributed by atoms with Gasteiger partial charge in [-0.2, -0.15) is 0 Å². The zero-order valence-corrected chi connectivity index (χ0v) is 16.0. The van der Waals surface area contributed by atoms with Crippen LogP contribution in [0, 0.1) is 5.41 Å². The molecular formula is C23H22N4O2. The van der Waals surface area contributed by atoms with E-state index in [2.05, 4.69) is 15.3 Å². The normalized spacial score (nSPS) is 19.9. The number of aromatic nitrogens is 2. The van der Waals surface area contributed by atoms with E-state index in [1.165, 1.54) is 0 Å². The van der Waals surface area contributed by atoms with Gasteiger partial charge in [-0.15, -0.1) is 0 Å². The van der Waals surface area contributed by atoms with Crippen LogP contribution in [0.1, 0.15) is 40.1 Å². The fraction of sp³-hybridized carbons (Fsp3) is 0.304. The maximum Gasteiger partial charge on any atom is 0.273 e. The van der Waals surface area contributed by atoms with Crippen molar-refractivity contribution in [2.45, 2.75) is 25.3 Å². The summed E-state index contributed by atoms with van der Waals surface area (Å²) >= 11 is 0. The van der Waals surface area contributed by atoms with Crippen LogP contribution < -0.4 is 5.32 Å². The topological polar surface area (TPSA) is 75.2 Å². The zero-order chi connectivity index (χ0) is 19.8. The van der Waals surface area contributed by atoms with Gasteiger partial charge in [0.25, 0.3) is 11.8 Å². The quantitative estimate of drug-likeness (QED) is 0.751. The van der Waals surface area contributed by atoms with E-state index in [-0.39, 0.29) is 23.3 Å². The Hall–Kier alpha value is -3.28. The summed E-state index contributed by atoms with van der Waals surface area (Å²) in [5.41, 5.74) is 1.29. The highest BCUT2D eigenvalue weighted by atomic mass is 16.2. The standard InChI is InChI=1S/C23H22N4O2/c28-21(17-5-10-24-11-6-17)26-19-15-23(19)8-13-27(14-9-23)22(29)20-18-4-2-1-3-16(18)7-12-25-20/h1-7,10-12,19H,8-9,13-15H2,(H,26,28). The Morgan fingerprint density at radius 2 is 1.76 bits per heavy atom. The van der Waals surface area contributed by atoms with Gasteiger partial charge in [0.15, 0.2) is 0 Å². The summed E-state index contributed by atoms with van der Waals surface area (Å²) in [5.74, 6) is -0.0533. The molecule has 1 aromatic carbocycles. The van der Waals surface area contributed by atoms with E-state index in [4.69, 9.17) is 0 Å². The molecule has 1 saturated carbocycles. The van der Waals surface area contributed by atoms with Crippen LogP contribution in [-0.4, -0.2) is 45.8 Å². The number of hydrogen-bond acceptors (Lipinski definition) is 4. The molecule has 5 rings (SSSR count). The van der Waals surface area contributed by atoms with Crippen molar-refractivity contribution in [2.24, 2.45) is 5.41 Å². The van der Waals surface area contributed by atoms with Gasteiger partial charge in [0.05, 0.1) is 0 Å². The molecule has 1 N–H and O–H groups in total. The highest BCUT2D eigenvalue weighted by Crippen LogP contribution is 2.54. The molecule has 3 heterocycles. The first-order chi connectivity index (χ1) is 14.2. The number of pyridine rings is 2. The minimum Gasteiger partial charge on any atom is -0.349 e. The van der Waals surface area contributed by atoms with E-state index in [9.17, 15) is 9.59 Å². The van der Waals surface area contributed by atoms with Crippen molar-refractivity contribution in [3.05, 3.63) is 72.3 Å². The molecule has 0 radical (unpaired) electrons. The number of piperidine rings is 1. The van der Waals surface area contributed by atoms with Crippen molar-refractivity contribution in [1.82, 2.24) is 20.2 Å². The molecule has 0 bridgehead atoms. The van der Waals surface area contributed by atoms with Gasteiger partial charge < -0.3 is 10.2 Å². The lowest BCUT2D eigenvalue weighted by Crippen LogP contribution is -2.42. The SMILES string of the molecule is O=C(NC1CC12CCN(C(=O)c1nccc3ccccc13)CC2)c1ccncc1. The van der Waals surface area contributed by atoms with E-state index < -0.39 is 0 Å². The number of fused-ring (bicyclic) bond motifs is 1. The van der Waals surface area contributed by atoms with Crippen LogP contribution in [0.5, 0.6) is 0 Å². The lowest BCUT2D eigenvalue weighted by Gasteiger charge is -2.33. The van der Waals surface area contributed by atoms with Gasteiger partial charge in [-0.05, 0) is 48.3 Å². The third-order valence-electron chi connectivity index (χ3n) is 6.36. The monoisotopic (exact) mass is 386 g/mol. The molecule has 3 aromatic rings. The number of benzene rings is 1. The van der Waals surface area contributed by atoms with Crippen molar-refractivity contribution in [3.8, 4) is 0 Å². The first-order valence-electron chi connectivity index (χ1n) is 10.0. The lowest BCUT2D eigenvalue weighted by molar-refractivity contribution is 0.0664. The number of amides is 2. The predicted molar refractivity (Wildman–Crippen MR) is 109 cm³/mol. The summed E-state index contributed by atoms with van der Waals surface area (Å²) in [6, 6.07) is 13.4. The Labute approximate surface area is 169 Å². The van der Waals surface area contributed by atoms with Crippen LogP contribution in [0.15, 0.2) is 61.1 Å². The lowest BCUT2D eigenvalue weighted by atomic mass is 9.92. The molecule has 1 spiro atoms. The molecule has 6 heteroatoms. The summed E-state index contributed by atoms with van der Waals surface area (Å²) < 4.78 is 0. The van der Waals surface area contributed by atoms with Crippen LogP contribution in [0.25, 0.3) is 10.8 Å². The van der Waals surface area contributed by atoms with Crippen molar-refractivity contribution in [2.75, 3.05) is 13.1 Å². The molecule has 2 aliphatic rings. The van der Waals surface area contributed by atoms with E-state index in [1.807, 2.05) is 35.2 Å². The molecule has 2 amide bonds. The number of nitrogens with one attached hydrogen (secondary N) is 1.